The number of allylic oxidation sites excluding steroid dienone is 4. The zero-order valence-electron chi connectivity index (χ0n) is 10.8. The molecule has 2 nitrogen and oxygen atoms in total. The van der Waals surface area contributed by atoms with E-state index in [4.69, 9.17) is 0 Å². The number of carbonyl (C=O) groups excluding carboxylic acids is 2. The van der Waals surface area contributed by atoms with Crippen LogP contribution in [0.4, 0.5) is 0 Å². The molecular formula is C16H14Br2O2. The number of halogens is 2. The summed E-state index contributed by atoms with van der Waals surface area (Å²) in [5.41, 5.74) is 0.0179. The highest BCUT2D eigenvalue weighted by molar-refractivity contribution is 9.09. The third-order valence-electron chi connectivity index (χ3n) is 3.48. The second-order valence-corrected chi connectivity index (χ2v) is 5.76. The molecule has 0 aliphatic heterocycles. The predicted octanol–water partition coefficient (Wildman–Crippen LogP) is 3.81. The number of rotatable bonds is 5. The highest BCUT2D eigenvalue weighted by Gasteiger charge is 2.40. The van der Waals surface area contributed by atoms with Gasteiger partial charge in [0.15, 0.2) is 11.6 Å². The molecule has 1 aliphatic rings. The molecule has 0 amide bonds. The summed E-state index contributed by atoms with van der Waals surface area (Å²) in [6.07, 6.45) is 7.32. The Hall–Kier alpha value is -1.00. The van der Waals surface area contributed by atoms with Crippen LogP contribution in [0.2, 0.25) is 0 Å². The summed E-state index contributed by atoms with van der Waals surface area (Å²) in [6, 6.07) is 9.99. The SMILES string of the molecule is O=C(CBr)C1(C(=O)CBr)C=CC(c2ccccc2)C=C1. The Kier molecular flexibility index (Phi) is 5.11. The minimum absolute atomic E-state index is 0.107. The van der Waals surface area contributed by atoms with Crippen LogP contribution in [0.15, 0.2) is 54.6 Å². The highest BCUT2D eigenvalue weighted by atomic mass is 79.9. The molecule has 2 rings (SSSR count). The molecular weight excluding hydrogens is 384 g/mol. The van der Waals surface area contributed by atoms with Crippen LogP contribution in [0, 0.1) is 5.41 Å². The minimum atomic E-state index is -1.13. The monoisotopic (exact) mass is 396 g/mol. The van der Waals surface area contributed by atoms with Crippen molar-refractivity contribution in [3.8, 4) is 0 Å². The van der Waals surface area contributed by atoms with E-state index in [1.807, 2.05) is 42.5 Å². The third-order valence-corrected chi connectivity index (χ3v) is 4.50. The van der Waals surface area contributed by atoms with E-state index in [9.17, 15) is 9.59 Å². The molecule has 20 heavy (non-hydrogen) atoms. The van der Waals surface area contributed by atoms with Gasteiger partial charge in [0.1, 0.15) is 5.41 Å². The summed E-state index contributed by atoms with van der Waals surface area (Å²) in [4.78, 5) is 24.3. The maximum absolute atomic E-state index is 12.1. The van der Waals surface area contributed by atoms with E-state index in [0.29, 0.717) is 0 Å². The van der Waals surface area contributed by atoms with Gasteiger partial charge in [0.05, 0.1) is 10.7 Å². The van der Waals surface area contributed by atoms with Gasteiger partial charge in [-0.1, -0.05) is 86.5 Å². The molecule has 0 saturated heterocycles. The standard InChI is InChI=1S/C16H14Br2O2/c17-10-14(19)16(15(20)11-18)8-6-13(7-9-16)12-4-2-1-3-5-12/h1-9,13H,10-11H2. The molecule has 1 aliphatic carbocycles. The normalized spacial score (nSPS) is 17.1. The summed E-state index contributed by atoms with van der Waals surface area (Å²) in [5.74, 6) is -0.169. The first-order valence-electron chi connectivity index (χ1n) is 6.26. The molecule has 0 bridgehead atoms. The Balaban J connectivity index is 2.32. The van der Waals surface area contributed by atoms with Gasteiger partial charge in [-0.05, 0) is 5.56 Å². The summed E-state index contributed by atoms with van der Waals surface area (Å²) >= 11 is 6.32. The molecule has 0 unspecified atom stereocenters. The van der Waals surface area contributed by atoms with Crippen molar-refractivity contribution in [1.29, 1.82) is 0 Å². The molecule has 0 N–H and O–H groups in total. The van der Waals surface area contributed by atoms with E-state index in [0.717, 1.165) is 5.56 Å². The van der Waals surface area contributed by atoms with Crippen molar-refractivity contribution < 1.29 is 9.59 Å². The molecule has 104 valence electrons. The average Bonchev–Trinajstić information content (AvgIpc) is 2.54. The molecule has 0 radical (unpaired) electrons. The smallest absolute Gasteiger partial charge is 0.164 e. The van der Waals surface area contributed by atoms with Gasteiger partial charge in [0, 0.05) is 5.92 Å². The van der Waals surface area contributed by atoms with Crippen LogP contribution >= 0.6 is 31.9 Å². The van der Waals surface area contributed by atoms with Crippen LogP contribution in [0.25, 0.3) is 0 Å². The molecule has 0 heterocycles. The zero-order valence-corrected chi connectivity index (χ0v) is 13.9. The lowest BCUT2D eigenvalue weighted by molar-refractivity contribution is -0.131. The molecule has 0 saturated carbocycles. The van der Waals surface area contributed by atoms with Crippen molar-refractivity contribution in [1.82, 2.24) is 0 Å². The van der Waals surface area contributed by atoms with Gasteiger partial charge in [0.2, 0.25) is 0 Å². The lowest BCUT2D eigenvalue weighted by Crippen LogP contribution is -2.38. The van der Waals surface area contributed by atoms with Crippen molar-refractivity contribution in [2.75, 3.05) is 10.7 Å². The maximum atomic E-state index is 12.1. The summed E-state index contributed by atoms with van der Waals surface area (Å²) in [6.45, 7) is 0. The molecule has 0 atom stereocenters. The highest BCUT2D eigenvalue weighted by Crippen LogP contribution is 2.34. The Bertz CT molecular complexity index is 529. The number of carbonyl (C=O) groups is 2. The summed E-state index contributed by atoms with van der Waals surface area (Å²) in [5, 5.41) is 0.326. The van der Waals surface area contributed by atoms with Gasteiger partial charge >= 0.3 is 0 Å². The van der Waals surface area contributed by atoms with Crippen molar-refractivity contribution in [2.45, 2.75) is 5.92 Å². The van der Waals surface area contributed by atoms with Gasteiger partial charge in [-0.15, -0.1) is 0 Å². The van der Waals surface area contributed by atoms with E-state index in [-0.39, 0.29) is 28.1 Å². The second-order valence-electron chi connectivity index (χ2n) is 4.64. The van der Waals surface area contributed by atoms with Gasteiger partial charge in [-0.2, -0.15) is 0 Å². The average molecular weight is 398 g/mol. The van der Waals surface area contributed by atoms with Crippen LogP contribution < -0.4 is 0 Å². The van der Waals surface area contributed by atoms with E-state index in [1.165, 1.54) is 0 Å². The maximum Gasteiger partial charge on any atom is 0.164 e. The first kappa shape index (κ1) is 15.4. The number of benzene rings is 1. The first-order chi connectivity index (χ1) is 9.64. The third kappa shape index (κ3) is 2.86. The Morgan fingerprint density at radius 3 is 1.90 bits per heavy atom. The molecule has 1 aromatic rings. The van der Waals surface area contributed by atoms with Gasteiger partial charge in [-0.3, -0.25) is 9.59 Å². The lowest BCUT2D eigenvalue weighted by atomic mass is 9.74. The quantitative estimate of drug-likeness (QED) is 0.430. The molecule has 1 aromatic carbocycles. The van der Waals surface area contributed by atoms with Gasteiger partial charge < -0.3 is 0 Å². The Morgan fingerprint density at radius 2 is 1.45 bits per heavy atom. The Morgan fingerprint density at radius 1 is 0.950 bits per heavy atom. The van der Waals surface area contributed by atoms with E-state index in [1.54, 1.807) is 12.2 Å². The van der Waals surface area contributed by atoms with Crippen LogP contribution in [-0.2, 0) is 9.59 Å². The zero-order chi connectivity index (χ0) is 14.6. The second kappa shape index (κ2) is 6.64. The fraction of sp³-hybridized carbons (Fsp3) is 0.250. The van der Waals surface area contributed by atoms with Crippen molar-refractivity contribution in [3.63, 3.8) is 0 Å². The number of ketones is 2. The minimum Gasteiger partial charge on any atom is -0.297 e. The van der Waals surface area contributed by atoms with Crippen molar-refractivity contribution >= 4 is 43.4 Å². The fourth-order valence-electron chi connectivity index (χ4n) is 2.28. The topological polar surface area (TPSA) is 34.1 Å². The number of hydrogen-bond donors (Lipinski definition) is 0. The van der Waals surface area contributed by atoms with E-state index in [2.05, 4.69) is 31.9 Å². The van der Waals surface area contributed by atoms with Gasteiger partial charge in [0.25, 0.3) is 0 Å². The van der Waals surface area contributed by atoms with Crippen LogP contribution in [0.1, 0.15) is 11.5 Å². The summed E-state index contributed by atoms with van der Waals surface area (Å²) in [7, 11) is 0. The van der Waals surface area contributed by atoms with Crippen molar-refractivity contribution in [3.05, 3.63) is 60.2 Å². The van der Waals surface area contributed by atoms with Crippen LogP contribution in [0.5, 0.6) is 0 Å². The number of alkyl halides is 2. The fourth-order valence-corrected chi connectivity index (χ4v) is 3.20. The molecule has 0 fully saturated rings. The van der Waals surface area contributed by atoms with Crippen LogP contribution in [0.3, 0.4) is 0 Å². The van der Waals surface area contributed by atoms with E-state index < -0.39 is 5.41 Å². The number of Topliss-reactive ketones (excluding diaryl/α,β-unsaturated/α-hetero) is 2. The van der Waals surface area contributed by atoms with Crippen molar-refractivity contribution in [2.24, 2.45) is 5.41 Å². The molecule has 0 aromatic heterocycles. The largest absolute Gasteiger partial charge is 0.297 e. The lowest BCUT2D eigenvalue weighted by Gasteiger charge is -2.27. The van der Waals surface area contributed by atoms with Crippen LogP contribution in [-0.4, -0.2) is 22.2 Å². The predicted molar refractivity (Wildman–Crippen MR) is 87.5 cm³/mol. The number of hydrogen-bond acceptors (Lipinski definition) is 2. The Labute approximate surface area is 135 Å². The molecule has 4 heteroatoms. The van der Waals surface area contributed by atoms with E-state index >= 15 is 0 Å². The van der Waals surface area contributed by atoms with Gasteiger partial charge in [-0.25, -0.2) is 0 Å². The molecule has 0 spiro atoms. The summed E-state index contributed by atoms with van der Waals surface area (Å²) < 4.78 is 0. The first-order valence-corrected chi connectivity index (χ1v) is 8.50.